The molecular formula is C15H21N3O2. The summed E-state index contributed by atoms with van der Waals surface area (Å²) in [6.45, 7) is 2.00. The minimum Gasteiger partial charge on any atom is -0.358 e. The van der Waals surface area contributed by atoms with E-state index in [0.717, 1.165) is 31.6 Å². The van der Waals surface area contributed by atoms with Crippen molar-refractivity contribution >= 4 is 17.5 Å². The summed E-state index contributed by atoms with van der Waals surface area (Å²) in [5, 5.41) is 5.56. The zero-order chi connectivity index (χ0) is 14.4. The average Bonchev–Trinajstić information content (AvgIpc) is 2.49. The first-order chi connectivity index (χ1) is 9.69. The lowest BCUT2D eigenvalue weighted by atomic mass is 9.96. The Morgan fingerprint density at radius 2 is 1.85 bits per heavy atom. The fourth-order valence-corrected chi connectivity index (χ4v) is 2.40. The summed E-state index contributed by atoms with van der Waals surface area (Å²) >= 11 is 0. The van der Waals surface area contributed by atoms with Gasteiger partial charge in [-0.1, -0.05) is 18.2 Å². The number of piperidine rings is 1. The second-order valence-electron chi connectivity index (χ2n) is 5.08. The fraction of sp³-hybridized carbons (Fsp3) is 0.467. The van der Waals surface area contributed by atoms with Crippen LogP contribution in [-0.4, -0.2) is 43.4 Å². The summed E-state index contributed by atoms with van der Waals surface area (Å²) in [4.78, 5) is 25.5. The first-order valence-electron chi connectivity index (χ1n) is 6.98. The molecule has 0 aromatic heterocycles. The molecular weight excluding hydrogens is 254 g/mol. The van der Waals surface area contributed by atoms with Crippen LogP contribution in [0.1, 0.15) is 12.8 Å². The number of likely N-dealkylation sites (tertiary alicyclic amines) is 1. The minimum absolute atomic E-state index is 0.0252. The van der Waals surface area contributed by atoms with Crippen LogP contribution in [0.4, 0.5) is 5.69 Å². The Morgan fingerprint density at radius 1 is 1.20 bits per heavy atom. The van der Waals surface area contributed by atoms with Crippen LogP contribution in [0.5, 0.6) is 0 Å². The third-order valence-corrected chi connectivity index (χ3v) is 3.65. The Bertz CT molecular complexity index is 453. The van der Waals surface area contributed by atoms with E-state index in [0.29, 0.717) is 6.54 Å². The Labute approximate surface area is 119 Å². The number of anilines is 1. The van der Waals surface area contributed by atoms with Gasteiger partial charge < -0.3 is 10.6 Å². The number of nitrogens with one attached hydrogen (secondary N) is 2. The molecule has 0 unspecified atom stereocenters. The maximum absolute atomic E-state index is 12.1. The van der Waals surface area contributed by atoms with Gasteiger partial charge in [0.1, 0.15) is 0 Å². The Balaban J connectivity index is 1.78. The zero-order valence-corrected chi connectivity index (χ0v) is 11.8. The number of amides is 2. The molecule has 20 heavy (non-hydrogen) atoms. The lowest BCUT2D eigenvalue weighted by Gasteiger charge is -2.30. The third-order valence-electron chi connectivity index (χ3n) is 3.65. The van der Waals surface area contributed by atoms with E-state index < -0.39 is 0 Å². The van der Waals surface area contributed by atoms with Gasteiger partial charge in [-0.15, -0.1) is 0 Å². The molecule has 5 heteroatoms. The number of carbonyl (C=O) groups excluding carboxylic acids is 2. The first kappa shape index (κ1) is 14.5. The minimum atomic E-state index is 0.0252. The first-order valence-corrected chi connectivity index (χ1v) is 6.98. The van der Waals surface area contributed by atoms with Crippen LogP contribution in [-0.2, 0) is 9.59 Å². The second kappa shape index (κ2) is 7.05. The van der Waals surface area contributed by atoms with Gasteiger partial charge in [0, 0.05) is 18.7 Å². The van der Waals surface area contributed by atoms with Crippen molar-refractivity contribution in [1.29, 1.82) is 0 Å². The quantitative estimate of drug-likeness (QED) is 0.864. The van der Waals surface area contributed by atoms with Gasteiger partial charge in [-0.2, -0.15) is 0 Å². The highest BCUT2D eigenvalue weighted by atomic mass is 16.2. The molecule has 0 saturated carbocycles. The summed E-state index contributed by atoms with van der Waals surface area (Å²) in [5.74, 6) is 0.143. The van der Waals surface area contributed by atoms with Crippen molar-refractivity contribution in [2.75, 3.05) is 32.0 Å². The van der Waals surface area contributed by atoms with Gasteiger partial charge in [0.05, 0.1) is 6.54 Å². The number of likely N-dealkylation sites (N-methyl/N-ethyl adjacent to an activating group) is 1. The van der Waals surface area contributed by atoms with Crippen molar-refractivity contribution < 1.29 is 9.59 Å². The van der Waals surface area contributed by atoms with Gasteiger partial charge >= 0.3 is 0 Å². The largest absolute Gasteiger partial charge is 0.358 e. The van der Waals surface area contributed by atoms with E-state index in [1.54, 1.807) is 7.05 Å². The highest BCUT2D eigenvalue weighted by Gasteiger charge is 2.25. The van der Waals surface area contributed by atoms with E-state index in [1.165, 1.54) is 0 Å². The van der Waals surface area contributed by atoms with E-state index in [4.69, 9.17) is 0 Å². The van der Waals surface area contributed by atoms with Crippen LogP contribution in [0.25, 0.3) is 0 Å². The molecule has 5 nitrogen and oxygen atoms in total. The number of nitrogens with zero attached hydrogens (tertiary/aromatic N) is 1. The van der Waals surface area contributed by atoms with Gasteiger partial charge in [-0.3, -0.25) is 14.5 Å². The van der Waals surface area contributed by atoms with Crippen LogP contribution in [0, 0.1) is 5.92 Å². The molecule has 1 fully saturated rings. The summed E-state index contributed by atoms with van der Waals surface area (Å²) in [6.07, 6.45) is 1.60. The average molecular weight is 275 g/mol. The normalized spacial score (nSPS) is 16.6. The molecule has 0 spiro atoms. The van der Waals surface area contributed by atoms with Crippen LogP contribution in [0.3, 0.4) is 0 Å². The molecule has 1 heterocycles. The van der Waals surface area contributed by atoms with Crippen LogP contribution < -0.4 is 10.6 Å². The number of benzene rings is 1. The van der Waals surface area contributed by atoms with Crippen molar-refractivity contribution in [3.63, 3.8) is 0 Å². The lowest BCUT2D eigenvalue weighted by Crippen LogP contribution is -2.42. The standard InChI is InChI=1S/C15H21N3O2/c1-16-14(19)11-18-9-7-12(8-10-18)15(20)17-13-5-3-2-4-6-13/h2-6,12H,7-11H2,1H3,(H,16,19)(H,17,20). The number of hydrogen-bond donors (Lipinski definition) is 2. The molecule has 1 aliphatic rings. The second-order valence-corrected chi connectivity index (χ2v) is 5.08. The number of rotatable bonds is 4. The summed E-state index contributed by atoms with van der Waals surface area (Å²) < 4.78 is 0. The van der Waals surface area contributed by atoms with Crippen molar-refractivity contribution in [3.8, 4) is 0 Å². The smallest absolute Gasteiger partial charge is 0.233 e. The van der Waals surface area contributed by atoms with Crippen molar-refractivity contribution in [3.05, 3.63) is 30.3 Å². The predicted molar refractivity (Wildman–Crippen MR) is 78.3 cm³/mol. The molecule has 2 amide bonds. The third kappa shape index (κ3) is 4.06. The van der Waals surface area contributed by atoms with Gasteiger partial charge in [0.15, 0.2) is 0 Å². The molecule has 108 valence electrons. The van der Waals surface area contributed by atoms with Crippen LogP contribution >= 0.6 is 0 Å². The monoisotopic (exact) mass is 275 g/mol. The Hall–Kier alpha value is -1.88. The van der Waals surface area contributed by atoms with Gasteiger partial charge in [0.2, 0.25) is 11.8 Å². The summed E-state index contributed by atoms with van der Waals surface area (Å²) in [5.41, 5.74) is 0.838. The topological polar surface area (TPSA) is 61.4 Å². The molecule has 1 saturated heterocycles. The maximum Gasteiger partial charge on any atom is 0.233 e. The Morgan fingerprint density at radius 3 is 2.45 bits per heavy atom. The molecule has 1 aromatic carbocycles. The predicted octanol–water partition coefficient (Wildman–Crippen LogP) is 1.08. The number of para-hydroxylation sites is 1. The van der Waals surface area contributed by atoms with E-state index in [1.807, 2.05) is 30.3 Å². The van der Waals surface area contributed by atoms with E-state index in [2.05, 4.69) is 15.5 Å². The van der Waals surface area contributed by atoms with Crippen LogP contribution in [0.15, 0.2) is 30.3 Å². The molecule has 1 aromatic rings. The summed E-state index contributed by atoms with van der Waals surface area (Å²) in [7, 11) is 1.64. The molecule has 2 rings (SSSR count). The molecule has 0 bridgehead atoms. The van der Waals surface area contributed by atoms with E-state index in [-0.39, 0.29) is 17.7 Å². The van der Waals surface area contributed by atoms with Crippen molar-refractivity contribution in [2.24, 2.45) is 5.92 Å². The van der Waals surface area contributed by atoms with E-state index in [9.17, 15) is 9.59 Å². The maximum atomic E-state index is 12.1. The van der Waals surface area contributed by atoms with Crippen molar-refractivity contribution in [2.45, 2.75) is 12.8 Å². The molecule has 1 aliphatic heterocycles. The number of carbonyl (C=O) groups is 2. The van der Waals surface area contributed by atoms with Crippen LogP contribution in [0.2, 0.25) is 0 Å². The Kier molecular flexibility index (Phi) is 5.12. The molecule has 0 radical (unpaired) electrons. The molecule has 0 aliphatic carbocycles. The highest BCUT2D eigenvalue weighted by Crippen LogP contribution is 2.19. The lowest BCUT2D eigenvalue weighted by molar-refractivity contribution is -0.123. The van der Waals surface area contributed by atoms with Crippen molar-refractivity contribution in [1.82, 2.24) is 10.2 Å². The highest BCUT2D eigenvalue weighted by molar-refractivity contribution is 5.92. The van der Waals surface area contributed by atoms with Gasteiger partial charge in [-0.25, -0.2) is 0 Å². The van der Waals surface area contributed by atoms with Gasteiger partial charge in [0.25, 0.3) is 0 Å². The zero-order valence-electron chi connectivity index (χ0n) is 11.8. The summed E-state index contributed by atoms with van der Waals surface area (Å²) in [6, 6.07) is 9.51. The molecule has 0 atom stereocenters. The SMILES string of the molecule is CNC(=O)CN1CCC(C(=O)Nc2ccccc2)CC1. The molecule has 2 N–H and O–H groups in total. The number of hydrogen-bond acceptors (Lipinski definition) is 3. The fourth-order valence-electron chi connectivity index (χ4n) is 2.40. The van der Waals surface area contributed by atoms with E-state index >= 15 is 0 Å². The van der Waals surface area contributed by atoms with Gasteiger partial charge in [-0.05, 0) is 38.1 Å².